The first-order chi connectivity index (χ1) is 9.63. The minimum Gasteiger partial charge on any atom is -0.460 e. The molecule has 0 heterocycles. The van der Waals surface area contributed by atoms with E-state index in [0.717, 1.165) is 0 Å². The number of esters is 1. The number of hydrogen-bond acceptors (Lipinski definition) is 2. The molecular weight excluding hydrogens is 276 g/mol. The van der Waals surface area contributed by atoms with Crippen LogP contribution in [0.15, 0.2) is 42.5 Å². The van der Waals surface area contributed by atoms with E-state index in [-0.39, 0.29) is 5.97 Å². The first-order valence-electron chi connectivity index (χ1n) is 7.57. The van der Waals surface area contributed by atoms with Crippen molar-refractivity contribution in [3.63, 3.8) is 0 Å². The van der Waals surface area contributed by atoms with Gasteiger partial charge >= 0.3 is 5.97 Å². The quantitative estimate of drug-likeness (QED) is 0.461. The smallest absolute Gasteiger partial charge is 0.310 e. The molecule has 0 fully saturated rings. The van der Waals surface area contributed by atoms with Gasteiger partial charge in [0.05, 0.1) is 14.5 Å². The maximum absolute atomic E-state index is 11.7. The summed E-state index contributed by atoms with van der Waals surface area (Å²) in [6.07, 6.45) is 4.47. The van der Waals surface area contributed by atoms with Crippen molar-refractivity contribution in [3.05, 3.63) is 42.5 Å². The highest BCUT2D eigenvalue weighted by molar-refractivity contribution is 6.91. The van der Waals surface area contributed by atoms with Gasteiger partial charge in [-0.2, -0.15) is 0 Å². The van der Waals surface area contributed by atoms with Gasteiger partial charge in [-0.05, 0) is 26.3 Å². The van der Waals surface area contributed by atoms with Crippen molar-refractivity contribution in [2.24, 2.45) is 0 Å². The number of benzene rings is 1. The molecule has 0 aliphatic heterocycles. The molecule has 1 aromatic rings. The van der Waals surface area contributed by atoms with Gasteiger partial charge < -0.3 is 4.74 Å². The number of allylic oxidation sites excluding steroid dienone is 1. The predicted molar refractivity (Wildman–Crippen MR) is 92.6 cm³/mol. The number of hydrogen-bond donors (Lipinski definition) is 0. The highest BCUT2D eigenvalue weighted by atomic mass is 28.3. The van der Waals surface area contributed by atoms with Crippen LogP contribution >= 0.6 is 0 Å². The minimum atomic E-state index is -1.54. The third-order valence-electron chi connectivity index (χ3n) is 3.79. The average molecular weight is 305 g/mol. The van der Waals surface area contributed by atoms with Crippen LogP contribution in [0.25, 0.3) is 0 Å². The molecule has 0 N–H and O–H groups in total. The molecule has 1 unspecified atom stereocenters. The molecule has 0 spiro atoms. The van der Waals surface area contributed by atoms with Gasteiger partial charge in [-0.25, -0.2) is 0 Å². The summed E-state index contributed by atoms with van der Waals surface area (Å²) in [6, 6.07) is 10.7. The molecule has 116 valence electrons. The van der Waals surface area contributed by atoms with Crippen molar-refractivity contribution in [3.8, 4) is 0 Å². The Morgan fingerprint density at radius 2 is 1.81 bits per heavy atom. The van der Waals surface area contributed by atoms with E-state index < -0.39 is 13.7 Å². The fourth-order valence-electron chi connectivity index (χ4n) is 2.12. The van der Waals surface area contributed by atoms with Gasteiger partial charge in [-0.15, -0.1) is 0 Å². The molecule has 1 atom stereocenters. The number of carbonyl (C=O) groups is 1. The van der Waals surface area contributed by atoms with Crippen LogP contribution in [-0.4, -0.2) is 19.6 Å². The van der Waals surface area contributed by atoms with Gasteiger partial charge in [0.25, 0.3) is 0 Å². The van der Waals surface area contributed by atoms with Gasteiger partial charge in [0.15, 0.2) is 0 Å². The summed E-state index contributed by atoms with van der Waals surface area (Å²) in [5.74, 6) is -0.162. The SMILES string of the molecule is CC(/C=C/CC(=O)OC(C)(C)C)[Si](C)(C)c1ccccc1. The van der Waals surface area contributed by atoms with Crippen molar-refractivity contribution >= 4 is 19.2 Å². The first kappa shape index (κ1) is 17.7. The minimum absolute atomic E-state index is 0.162. The molecule has 0 aliphatic rings. The summed E-state index contributed by atoms with van der Waals surface area (Å²) < 4.78 is 5.31. The topological polar surface area (TPSA) is 26.3 Å². The lowest BCUT2D eigenvalue weighted by Gasteiger charge is -2.28. The second-order valence-corrected chi connectivity index (χ2v) is 12.0. The molecule has 0 saturated heterocycles. The maximum atomic E-state index is 11.7. The Balaban J connectivity index is 2.62. The molecule has 0 radical (unpaired) electrons. The Morgan fingerprint density at radius 1 is 1.24 bits per heavy atom. The van der Waals surface area contributed by atoms with Crippen LogP contribution in [0.4, 0.5) is 0 Å². The molecule has 0 aromatic heterocycles. The van der Waals surface area contributed by atoms with Crippen LogP contribution in [0.3, 0.4) is 0 Å². The number of carbonyl (C=O) groups excluding carboxylic acids is 1. The van der Waals surface area contributed by atoms with Crippen LogP contribution in [0.5, 0.6) is 0 Å². The standard InChI is InChI=1S/C18H28O2Si/c1-15(11-10-14-17(19)20-18(2,3)4)21(5,6)16-12-8-7-9-13-16/h7-13,15H,14H2,1-6H3/b11-10+. The predicted octanol–water partition coefficient (Wildman–Crippen LogP) is 4.28. The van der Waals surface area contributed by atoms with E-state index in [2.05, 4.69) is 56.4 Å². The summed E-state index contributed by atoms with van der Waals surface area (Å²) in [6.45, 7) is 12.6. The van der Waals surface area contributed by atoms with Gasteiger partial charge in [0.1, 0.15) is 5.60 Å². The number of ether oxygens (including phenoxy) is 1. The third kappa shape index (κ3) is 5.88. The summed E-state index contributed by atoms with van der Waals surface area (Å²) in [5.41, 5.74) is 0.0662. The lowest BCUT2D eigenvalue weighted by molar-refractivity contribution is -0.153. The van der Waals surface area contributed by atoms with Crippen molar-refractivity contribution in [1.82, 2.24) is 0 Å². The summed E-state index contributed by atoms with van der Waals surface area (Å²) >= 11 is 0. The summed E-state index contributed by atoms with van der Waals surface area (Å²) in [4.78, 5) is 11.7. The average Bonchev–Trinajstić information content (AvgIpc) is 2.37. The van der Waals surface area contributed by atoms with E-state index in [4.69, 9.17) is 4.74 Å². The fraction of sp³-hybridized carbons (Fsp3) is 0.500. The van der Waals surface area contributed by atoms with Gasteiger partial charge in [0.2, 0.25) is 0 Å². The highest BCUT2D eigenvalue weighted by Crippen LogP contribution is 2.23. The maximum Gasteiger partial charge on any atom is 0.310 e. The van der Waals surface area contributed by atoms with Crippen molar-refractivity contribution in [1.29, 1.82) is 0 Å². The lowest BCUT2D eigenvalue weighted by atomic mass is 10.2. The first-order valence-corrected chi connectivity index (χ1v) is 10.6. The van der Waals surface area contributed by atoms with E-state index in [1.165, 1.54) is 5.19 Å². The van der Waals surface area contributed by atoms with Crippen molar-refractivity contribution in [2.45, 2.75) is 58.4 Å². The zero-order chi connectivity index (χ0) is 16.1. The Bertz CT molecular complexity index is 484. The van der Waals surface area contributed by atoms with E-state index in [1.807, 2.05) is 26.8 Å². The molecule has 21 heavy (non-hydrogen) atoms. The normalized spacial score (nSPS) is 14.2. The monoisotopic (exact) mass is 304 g/mol. The van der Waals surface area contributed by atoms with E-state index in [1.54, 1.807) is 0 Å². The second kappa shape index (κ2) is 7.08. The third-order valence-corrected chi connectivity index (χ3v) is 8.08. The summed E-state index contributed by atoms with van der Waals surface area (Å²) in [7, 11) is -1.54. The largest absolute Gasteiger partial charge is 0.460 e. The zero-order valence-electron chi connectivity index (χ0n) is 14.1. The van der Waals surface area contributed by atoms with Crippen LogP contribution in [0.2, 0.25) is 18.6 Å². The second-order valence-electron chi connectivity index (χ2n) is 7.10. The molecule has 1 aromatic carbocycles. The molecule has 1 rings (SSSR count). The highest BCUT2D eigenvalue weighted by Gasteiger charge is 2.28. The van der Waals surface area contributed by atoms with Crippen LogP contribution in [0.1, 0.15) is 34.1 Å². The molecular formula is C18H28O2Si. The molecule has 0 bridgehead atoms. The van der Waals surface area contributed by atoms with Crippen LogP contribution < -0.4 is 5.19 Å². The zero-order valence-corrected chi connectivity index (χ0v) is 15.1. The molecule has 0 aliphatic carbocycles. The Labute approximate surface area is 130 Å². The Morgan fingerprint density at radius 3 is 2.33 bits per heavy atom. The Hall–Kier alpha value is -1.35. The lowest BCUT2D eigenvalue weighted by Crippen LogP contribution is -2.44. The van der Waals surface area contributed by atoms with Crippen molar-refractivity contribution in [2.75, 3.05) is 0 Å². The van der Waals surface area contributed by atoms with Crippen LogP contribution in [0, 0.1) is 0 Å². The van der Waals surface area contributed by atoms with Gasteiger partial charge in [0, 0.05) is 0 Å². The van der Waals surface area contributed by atoms with E-state index in [9.17, 15) is 4.79 Å². The van der Waals surface area contributed by atoms with Crippen molar-refractivity contribution < 1.29 is 9.53 Å². The Kier molecular flexibility index (Phi) is 5.96. The van der Waals surface area contributed by atoms with Crippen LogP contribution in [-0.2, 0) is 9.53 Å². The molecule has 0 amide bonds. The van der Waals surface area contributed by atoms with Gasteiger partial charge in [-0.3, -0.25) is 4.79 Å². The van der Waals surface area contributed by atoms with E-state index >= 15 is 0 Å². The number of rotatable bonds is 5. The molecule has 2 nitrogen and oxygen atoms in total. The molecule has 3 heteroatoms. The van der Waals surface area contributed by atoms with E-state index in [0.29, 0.717) is 12.0 Å². The van der Waals surface area contributed by atoms with Gasteiger partial charge in [-0.1, -0.05) is 67.7 Å². The fourth-order valence-corrected chi connectivity index (χ4v) is 4.32. The summed E-state index contributed by atoms with van der Waals surface area (Å²) in [5, 5.41) is 1.44. The molecule has 0 saturated carbocycles.